The molecule has 2 fully saturated rings. The number of carbonyl (C=O) groups excluding carboxylic acids is 1. The fraction of sp³-hybridized carbons (Fsp3) is 0.440. The van der Waals surface area contributed by atoms with E-state index in [4.69, 9.17) is 20.6 Å². The summed E-state index contributed by atoms with van der Waals surface area (Å²) in [4.78, 5) is 23.2. The smallest absolute Gasteiger partial charge is 0.209 e. The van der Waals surface area contributed by atoms with E-state index in [-0.39, 0.29) is 6.10 Å². The monoisotopic (exact) mass is 509 g/mol. The highest BCUT2D eigenvalue weighted by Crippen LogP contribution is 2.40. The van der Waals surface area contributed by atoms with E-state index >= 15 is 0 Å². The Morgan fingerprint density at radius 2 is 2.03 bits per heavy atom. The first kappa shape index (κ1) is 24.4. The molecule has 0 unspecified atom stereocenters. The van der Waals surface area contributed by atoms with Crippen molar-refractivity contribution in [1.29, 1.82) is 5.41 Å². The predicted octanol–water partition coefficient (Wildman–Crippen LogP) is 2.72. The molecule has 4 heterocycles. The Balaban J connectivity index is 0.000000286. The van der Waals surface area contributed by atoms with Crippen LogP contribution in [-0.4, -0.2) is 73.0 Å². The number of hydrogen-bond donors (Lipinski definition) is 4. The number of nitrogen functional groups attached to an aromatic ring is 1. The van der Waals surface area contributed by atoms with Crippen molar-refractivity contribution in [2.24, 2.45) is 0 Å². The maximum Gasteiger partial charge on any atom is 0.209 e. The second-order valence-electron chi connectivity index (χ2n) is 9.01. The van der Waals surface area contributed by atoms with Gasteiger partial charge in [-0.1, -0.05) is 0 Å². The molecule has 36 heavy (non-hydrogen) atoms. The number of rotatable bonds is 6. The number of thiophene rings is 1. The fourth-order valence-electron chi connectivity index (χ4n) is 4.45. The van der Waals surface area contributed by atoms with E-state index in [0.717, 1.165) is 67.2 Å². The van der Waals surface area contributed by atoms with Crippen molar-refractivity contribution in [3.05, 3.63) is 34.5 Å². The van der Waals surface area contributed by atoms with Gasteiger partial charge in [0, 0.05) is 54.6 Å². The molecule has 3 aromatic rings. The predicted molar refractivity (Wildman–Crippen MR) is 142 cm³/mol. The van der Waals surface area contributed by atoms with Crippen molar-refractivity contribution in [2.45, 2.75) is 31.8 Å². The Morgan fingerprint density at radius 3 is 2.72 bits per heavy atom. The molecule has 2 aliphatic heterocycles. The quantitative estimate of drug-likeness (QED) is 0.226. The van der Waals surface area contributed by atoms with Crippen LogP contribution < -0.4 is 21.1 Å². The van der Waals surface area contributed by atoms with Gasteiger partial charge in [0.05, 0.1) is 24.3 Å². The van der Waals surface area contributed by atoms with E-state index in [1.54, 1.807) is 28.6 Å². The molecule has 10 nitrogen and oxygen atoms in total. The molecule has 3 aliphatic rings. The minimum absolute atomic E-state index is 0.130. The number of benzene rings is 1. The molecule has 1 aromatic carbocycles. The molecule has 190 valence electrons. The molecular formula is C25H31N7O3S. The van der Waals surface area contributed by atoms with Gasteiger partial charge in [0.15, 0.2) is 0 Å². The Morgan fingerprint density at radius 1 is 1.22 bits per heavy atom. The zero-order valence-electron chi connectivity index (χ0n) is 20.1. The van der Waals surface area contributed by atoms with Gasteiger partial charge in [-0.05, 0) is 37.3 Å². The molecule has 0 saturated carbocycles. The zero-order chi connectivity index (χ0) is 24.9. The van der Waals surface area contributed by atoms with Crippen LogP contribution in [0.2, 0.25) is 0 Å². The van der Waals surface area contributed by atoms with Crippen LogP contribution in [0.5, 0.6) is 5.75 Å². The van der Waals surface area contributed by atoms with Crippen LogP contribution in [0, 0.1) is 5.41 Å². The topological polar surface area (TPSA) is 138 Å². The zero-order valence-corrected chi connectivity index (χ0v) is 20.9. The summed E-state index contributed by atoms with van der Waals surface area (Å²) in [5.74, 6) is 1.48. The number of morpholine rings is 1. The lowest BCUT2D eigenvalue weighted by molar-refractivity contribution is -0.121. The molecular weight excluding hydrogens is 478 g/mol. The van der Waals surface area contributed by atoms with Crippen molar-refractivity contribution in [3.63, 3.8) is 0 Å². The molecule has 0 radical (unpaired) electrons. The number of aryl methyl sites for hydroxylation is 2. The van der Waals surface area contributed by atoms with Crippen molar-refractivity contribution in [2.75, 3.05) is 50.4 Å². The molecule has 0 bridgehead atoms. The normalized spacial score (nSPS) is 17.4. The summed E-state index contributed by atoms with van der Waals surface area (Å²) in [5, 5.41) is 15.4. The number of anilines is 3. The van der Waals surface area contributed by atoms with Crippen LogP contribution in [-0.2, 0) is 22.4 Å². The average Bonchev–Trinajstić information content (AvgIpc) is 3.28. The standard InChI is InChI=1S/C20H22N6OS.C5H9NO2/c21-7-11-5-15(16(6-14(11)22)27-12-8-23-9-12)26-19-18-13-3-1-2-4-17(13)28-20(18)25-10-24-19;7-5-6-1-3-8-4-2-6/h5-7,10,12,21,23H,1-4,8-9,22H2,(H,24,25,26);5H,1-4H2. The van der Waals surface area contributed by atoms with Gasteiger partial charge in [0.2, 0.25) is 6.41 Å². The van der Waals surface area contributed by atoms with E-state index < -0.39 is 0 Å². The maximum absolute atomic E-state index is 10.0. The summed E-state index contributed by atoms with van der Waals surface area (Å²) in [6.45, 7) is 4.54. The van der Waals surface area contributed by atoms with Crippen molar-refractivity contribution in [3.8, 4) is 5.75 Å². The number of fused-ring (bicyclic) bond motifs is 3. The maximum atomic E-state index is 10.0. The summed E-state index contributed by atoms with van der Waals surface area (Å²) < 4.78 is 11.1. The number of carbonyl (C=O) groups is 1. The number of ether oxygens (including phenoxy) is 2. The summed E-state index contributed by atoms with van der Waals surface area (Å²) in [5.41, 5.74) is 9.43. The lowest BCUT2D eigenvalue weighted by Crippen LogP contribution is -2.50. The molecule has 2 aromatic heterocycles. The van der Waals surface area contributed by atoms with E-state index in [9.17, 15) is 4.79 Å². The van der Waals surface area contributed by atoms with Crippen LogP contribution in [0.25, 0.3) is 10.2 Å². The lowest BCUT2D eigenvalue weighted by atomic mass is 9.97. The number of nitrogens with two attached hydrogens (primary N) is 1. The molecule has 1 aliphatic carbocycles. The highest BCUT2D eigenvalue weighted by Gasteiger charge is 2.23. The molecule has 11 heteroatoms. The van der Waals surface area contributed by atoms with Crippen LogP contribution in [0.3, 0.4) is 0 Å². The summed E-state index contributed by atoms with van der Waals surface area (Å²) in [6, 6.07) is 3.65. The fourth-order valence-corrected chi connectivity index (χ4v) is 5.68. The Hall–Kier alpha value is -3.28. The number of hydrogen-bond acceptors (Lipinski definition) is 10. The van der Waals surface area contributed by atoms with Crippen molar-refractivity contribution in [1.82, 2.24) is 20.2 Å². The van der Waals surface area contributed by atoms with Gasteiger partial charge in [-0.25, -0.2) is 9.97 Å². The number of amides is 1. The van der Waals surface area contributed by atoms with Gasteiger partial charge in [0.25, 0.3) is 0 Å². The number of nitrogens with one attached hydrogen (secondary N) is 3. The largest absolute Gasteiger partial charge is 0.486 e. The van der Waals surface area contributed by atoms with Crippen LogP contribution in [0.4, 0.5) is 17.2 Å². The number of aromatic nitrogens is 2. The average molecular weight is 510 g/mol. The molecule has 0 spiro atoms. The first-order valence-corrected chi connectivity index (χ1v) is 13.1. The Bertz CT molecular complexity index is 1240. The second-order valence-corrected chi connectivity index (χ2v) is 10.1. The highest BCUT2D eigenvalue weighted by atomic mass is 32.1. The van der Waals surface area contributed by atoms with E-state index in [0.29, 0.717) is 30.2 Å². The molecule has 2 saturated heterocycles. The minimum atomic E-state index is 0.130. The third-order valence-electron chi connectivity index (χ3n) is 6.58. The first-order chi connectivity index (χ1) is 17.7. The van der Waals surface area contributed by atoms with Crippen LogP contribution >= 0.6 is 11.3 Å². The molecule has 6 rings (SSSR count). The van der Waals surface area contributed by atoms with Gasteiger partial charge in [-0.2, -0.15) is 0 Å². The Labute approximate surface area is 213 Å². The lowest BCUT2D eigenvalue weighted by Gasteiger charge is -2.29. The van der Waals surface area contributed by atoms with E-state index in [1.165, 1.54) is 29.5 Å². The van der Waals surface area contributed by atoms with Crippen LogP contribution in [0.15, 0.2) is 18.5 Å². The Kier molecular flexibility index (Phi) is 7.59. The third kappa shape index (κ3) is 5.28. The van der Waals surface area contributed by atoms with E-state index in [1.807, 2.05) is 6.07 Å². The summed E-state index contributed by atoms with van der Waals surface area (Å²) >= 11 is 1.78. The van der Waals surface area contributed by atoms with Crippen molar-refractivity contribution < 1.29 is 14.3 Å². The van der Waals surface area contributed by atoms with Crippen molar-refractivity contribution >= 4 is 51.4 Å². The summed E-state index contributed by atoms with van der Waals surface area (Å²) in [7, 11) is 0. The first-order valence-electron chi connectivity index (χ1n) is 12.3. The number of nitrogens with zero attached hydrogens (tertiary/aromatic N) is 3. The van der Waals surface area contributed by atoms with Gasteiger partial charge < -0.3 is 36.2 Å². The molecule has 5 N–H and O–H groups in total. The second kappa shape index (κ2) is 11.2. The molecule has 1 amide bonds. The van der Waals surface area contributed by atoms with Gasteiger partial charge in [-0.15, -0.1) is 11.3 Å². The van der Waals surface area contributed by atoms with E-state index in [2.05, 4.69) is 20.6 Å². The minimum Gasteiger partial charge on any atom is -0.486 e. The van der Waals surface area contributed by atoms with Gasteiger partial charge >= 0.3 is 0 Å². The summed E-state index contributed by atoms with van der Waals surface area (Å²) in [6.07, 6.45) is 8.50. The molecule has 0 atom stereocenters. The highest BCUT2D eigenvalue weighted by molar-refractivity contribution is 7.19. The van der Waals surface area contributed by atoms with Gasteiger partial charge in [-0.3, -0.25) is 4.79 Å². The van der Waals surface area contributed by atoms with Crippen LogP contribution in [0.1, 0.15) is 28.8 Å². The van der Waals surface area contributed by atoms with Gasteiger partial charge in [0.1, 0.15) is 28.8 Å². The SMILES string of the molecule is N=Cc1cc(Nc2ncnc3sc4c(c23)CCCC4)c(OC2CNC2)cc1N.O=CN1CCOCC1. The third-order valence-corrected chi connectivity index (χ3v) is 7.78.